The molecule has 3 aromatic rings. The van der Waals surface area contributed by atoms with E-state index >= 15 is 0 Å². The number of aromatic nitrogens is 1. The highest BCUT2D eigenvalue weighted by atomic mass is 32.2. The van der Waals surface area contributed by atoms with Crippen LogP contribution in [-0.2, 0) is 16.6 Å². The standard InChI is InChI=1S/C24H25FN4O2S/c25-22-6-8-23(9-7-22)28-13-15-29(16-14-28)24-18-21(10-12-26-24)19-27-32(30,31)17-11-20-4-2-1-3-5-20/h1-12,17-18,27H,13-16,19H2/b17-11+. The van der Waals surface area contributed by atoms with Crippen molar-refractivity contribution in [2.24, 2.45) is 0 Å². The SMILES string of the molecule is O=S(=O)(/C=C/c1ccccc1)NCc1ccnc(N2CCN(c3ccc(F)cc3)CC2)c1. The molecule has 0 radical (unpaired) electrons. The first kappa shape index (κ1) is 22.0. The van der Waals surface area contributed by atoms with Gasteiger partial charge in [-0.25, -0.2) is 22.5 Å². The van der Waals surface area contributed by atoms with Crippen molar-refractivity contribution in [3.8, 4) is 0 Å². The van der Waals surface area contributed by atoms with E-state index < -0.39 is 10.0 Å². The van der Waals surface area contributed by atoms with Crippen LogP contribution in [0.1, 0.15) is 11.1 Å². The number of sulfonamides is 1. The van der Waals surface area contributed by atoms with Crippen molar-refractivity contribution in [2.45, 2.75) is 6.54 Å². The Morgan fingerprint density at radius 2 is 1.62 bits per heavy atom. The number of nitrogens with one attached hydrogen (secondary N) is 1. The molecule has 1 saturated heterocycles. The number of anilines is 2. The summed E-state index contributed by atoms with van der Waals surface area (Å²) < 4.78 is 40.4. The summed E-state index contributed by atoms with van der Waals surface area (Å²) in [4.78, 5) is 8.85. The molecule has 0 amide bonds. The van der Waals surface area contributed by atoms with Crippen LogP contribution in [0.15, 0.2) is 78.3 Å². The van der Waals surface area contributed by atoms with Gasteiger partial charge in [-0.15, -0.1) is 0 Å². The molecule has 8 heteroatoms. The van der Waals surface area contributed by atoms with Crippen molar-refractivity contribution < 1.29 is 12.8 Å². The summed E-state index contributed by atoms with van der Waals surface area (Å²) in [7, 11) is -3.55. The third-order valence-electron chi connectivity index (χ3n) is 5.32. The summed E-state index contributed by atoms with van der Waals surface area (Å²) in [5.41, 5.74) is 2.67. The van der Waals surface area contributed by atoms with Gasteiger partial charge in [0, 0.05) is 50.0 Å². The fraction of sp³-hybridized carbons (Fsp3) is 0.208. The molecule has 1 N–H and O–H groups in total. The maximum absolute atomic E-state index is 13.2. The Kier molecular flexibility index (Phi) is 6.82. The second-order valence-corrected chi connectivity index (χ2v) is 9.20. The second-order valence-electron chi connectivity index (χ2n) is 7.55. The van der Waals surface area contributed by atoms with Gasteiger partial charge < -0.3 is 9.80 Å². The van der Waals surface area contributed by atoms with Crippen LogP contribution < -0.4 is 14.5 Å². The lowest BCUT2D eigenvalue weighted by Gasteiger charge is -2.36. The van der Waals surface area contributed by atoms with Crippen LogP contribution in [0.4, 0.5) is 15.9 Å². The van der Waals surface area contributed by atoms with Crippen LogP contribution in [0.5, 0.6) is 0 Å². The van der Waals surface area contributed by atoms with Crippen molar-refractivity contribution in [1.29, 1.82) is 0 Å². The highest BCUT2D eigenvalue weighted by molar-refractivity contribution is 7.92. The molecule has 1 aromatic heterocycles. The van der Waals surface area contributed by atoms with E-state index in [-0.39, 0.29) is 12.4 Å². The Bertz CT molecular complexity index is 1160. The third-order valence-corrected chi connectivity index (χ3v) is 6.36. The van der Waals surface area contributed by atoms with Gasteiger partial charge in [-0.2, -0.15) is 0 Å². The van der Waals surface area contributed by atoms with E-state index in [4.69, 9.17) is 0 Å². The number of halogens is 1. The van der Waals surface area contributed by atoms with Gasteiger partial charge in [-0.05, 0) is 53.6 Å². The molecule has 0 atom stereocenters. The number of benzene rings is 2. The first-order valence-electron chi connectivity index (χ1n) is 10.4. The van der Waals surface area contributed by atoms with E-state index in [1.165, 1.54) is 17.5 Å². The summed E-state index contributed by atoms with van der Waals surface area (Å²) in [6.45, 7) is 3.34. The van der Waals surface area contributed by atoms with Crippen LogP contribution in [0.2, 0.25) is 0 Å². The molecule has 2 heterocycles. The summed E-state index contributed by atoms with van der Waals surface area (Å²) in [5.74, 6) is 0.583. The van der Waals surface area contributed by atoms with Gasteiger partial charge in [0.25, 0.3) is 0 Å². The van der Waals surface area contributed by atoms with Crippen molar-refractivity contribution in [1.82, 2.24) is 9.71 Å². The summed E-state index contributed by atoms with van der Waals surface area (Å²) in [6.07, 6.45) is 3.27. The van der Waals surface area contributed by atoms with Crippen LogP contribution in [0, 0.1) is 5.82 Å². The lowest BCUT2D eigenvalue weighted by Crippen LogP contribution is -2.46. The van der Waals surface area contributed by atoms with E-state index in [2.05, 4.69) is 19.5 Å². The minimum atomic E-state index is -3.55. The summed E-state index contributed by atoms with van der Waals surface area (Å²) in [5, 5.41) is 1.18. The lowest BCUT2D eigenvalue weighted by molar-refractivity contribution is 0.590. The summed E-state index contributed by atoms with van der Waals surface area (Å²) >= 11 is 0. The molecule has 166 valence electrons. The van der Waals surface area contributed by atoms with E-state index in [0.29, 0.717) is 0 Å². The average Bonchev–Trinajstić information content (AvgIpc) is 2.83. The van der Waals surface area contributed by atoms with Crippen molar-refractivity contribution in [3.63, 3.8) is 0 Å². The largest absolute Gasteiger partial charge is 0.368 e. The molecule has 32 heavy (non-hydrogen) atoms. The lowest BCUT2D eigenvalue weighted by atomic mass is 10.2. The van der Waals surface area contributed by atoms with E-state index in [0.717, 1.165) is 48.8 Å². The molecule has 2 aromatic carbocycles. The molecule has 0 unspecified atom stereocenters. The van der Waals surface area contributed by atoms with Crippen LogP contribution in [0.25, 0.3) is 6.08 Å². The van der Waals surface area contributed by atoms with Crippen molar-refractivity contribution in [2.75, 3.05) is 36.0 Å². The minimum Gasteiger partial charge on any atom is -0.368 e. The van der Waals surface area contributed by atoms with Gasteiger partial charge >= 0.3 is 0 Å². The highest BCUT2D eigenvalue weighted by Crippen LogP contribution is 2.20. The van der Waals surface area contributed by atoms with E-state index in [1.807, 2.05) is 42.5 Å². The smallest absolute Gasteiger partial charge is 0.234 e. The molecule has 1 aliphatic rings. The zero-order valence-corrected chi connectivity index (χ0v) is 18.4. The number of pyridine rings is 1. The fourth-order valence-electron chi connectivity index (χ4n) is 3.55. The molecule has 0 spiro atoms. The molecule has 1 aliphatic heterocycles. The predicted molar refractivity (Wildman–Crippen MR) is 126 cm³/mol. The molecular weight excluding hydrogens is 427 g/mol. The number of rotatable bonds is 7. The van der Waals surface area contributed by atoms with Gasteiger partial charge in [-0.1, -0.05) is 30.3 Å². The zero-order chi connectivity index (χ0) is 22.4. The number of piperazine rings is 1. The average molecular weight is 453 g/mol. The Hall–Kier alpha value is -3.23. The highest BCUT2D eigenvalue weighted by Gasteiger charge is 2.18. The van der Waals surface area contributed by atoms with Crippen molar-refractivity contribution >= 4 is 27.6 Å². The topological polar surface area (TPSA) is 65.5 Å². The normalized spacial score (nSPS) is 14.8. The quantitative estimate of drug-likeness (QED) is 0.593. The van der Waals surface area contributed by atoms with E-state index in [1.54, 1.807) is 24.4 Å². The van der Waals surface area contributed by atoms with Gasteiger partial charge in [0.05, 0.1) is 0 Å². The zero-order valence-electron chi connectivity index (χ0n) is 17.6. The Labute approximate surface area is 188 Å². The first-order valence-corrected chi connectivity index (χ1v) is 12.0. The second kappa shape index (κ2) is 9.93. The molecule has 6 nitrogen and oxygen atoms in total. The molecule has 0 saturated carbocycles. The molecular formula is C24H25FN4O2S. The maximum Gasteiger partial charge on any atom is 0.234 e. The Morgan fingerprint density at radius 1 is 0.938 bits per heavy atom. The number of nitrogens with zero attached hydrogens (tertiary/aromatic N) is 3. The number of hydrogen-bond donors (Lipinski definition) is 1. The Balaban J connectivity index is 1.33. The van der Waals surface area contributed by atoms with Gasteiger partial charge in [0.1, 0.15) is 11.6 Å². The van der Waals surface area contributed by atoms with E-state index in [9.17, 15) is 12.8 Å². The first-order chi connectivity index (χ1) is 15.5. The monoisotopic (exact) mass is 452 g/mol. The number of hydrogen-bond acceptors (Lipinski definition) is 5. The van der Waals surface area contributed by atoms with Crippen LogP contribution in [0.3, 0.4) is 0 Å². The van der Waals surface area contributed by atoms with Crippen LogP contribution >= 0.6 is 0 Å². The molecule has 0 aliphatic carbocycles. The van der Waals surface area contributed by atoms with Gasteiger partial charge in [0.2, 0.25) is 10.0 Å². The predicted octanol–water partition coefficient (Wildman–Crippen LogP) is 3.64. The minimum absolute atomic E-state index is 0.187. The molecule has 0 bridgehead atoms. The van der Waals surface area contributed by atoms with Crippen LogP contribution in [-0.4, -0.2) is 39.6 Å². The summed E-state index contributed by atoms with van der Waals surface area (Å²) in [6, 6.07) is 19.5. The molecule has 1 fully saturated rings. The van der Waals surface area contributed by atoms with Gasteiger partial charge in [-0.3, -0.25) is 0 Å². The fourth-order valence-corrected chi connectivity index (χ4v) is 4.35. The maximum atomic E-state index is 13.2. The van der Waals surface area contributed by atoms with Crippen molar-refractivity contribution in [3.05, 3.63) is 95.3 Å². The molecule has 4 rings (SSSR count). The third kappa shape index (κ3) is 5.93. The Morgan fingerprint density at radius 3 is 2.34 bits per heavy atom. The van der Waals surface area contributed by atoms with Gasteiger partial charge in [0.15, 0.2) is 0 Å².